The highest BCUT2D eigenvalue weighted by molar-refractivity contribution is 7.81. The lowest BCUT2D eigenvalue weighted by Gasteiger charge is -2.18. The molecule has 0 saturated heterocycles. The van der Waals surface area contributed by atoms with Gasteiger partial charge in [-0.2, -0.15) is 37.9 Å². The normalized spacial score (nSPS) is 14.3. The van der Waals surface area contributed by atoms with Crippen molar-refractivity contribution < 1.29 is 28.6 Å². The maximum atomic E-state index is 12.2. The molecule has 0 aliphatic heterocycles. The van der Waals surface area contributed by atoms with Crippen LogP contribution in [0, 0.1) is 0 Å². The monoisotopic (exact) mass is 608 g/mol. The molecule has 0 N–H and O–H groups in total. The van der Waals surface area contributed by atoms with E-state index in [1.807, 2.05) is 0 Å². The molecule has 0 aliphatic rings. The highest BCUT2D eigenvalue weighted by atomic mass is 32.1. The number of carbonyl (C=O) groups is 3. The van der Waals surface area contributed by atoms with Gasteiger partial charge in [0.05, 0.1) is 0 Å². The van der Waals surface area contributed by atoms with Crippen molar-refractivity contribution in [1.29, 1.82) is 0 Å². The first kappa shape index (κ1) is 38.5. The molecule has 0 aromatic rings. The van der Waals surface area contributed by atoms with Crippen LogP contribution in [0.4, 0.5) is 0 Å². The lowest BCUT2D eigenvalue weighted by atomic mass is 10.0. The Labute approximate surface area is 255 Å². The first-order valence-electron chi connectivity index (χ1n) is 15.1. The topological polar surface area (TPSA) is 78.9 Å². The zero-order chi connectivity index (χ0) is 29.3. The Morgan fingerprint density at radius 2 is 1.03 bits per heavy atom. The number of hydrogen-bond acceptors (Lipinski definition) is 9. The van der Waals surface area contributed by atoms with Crippen molar-refractivity contribution in [2.24, 2.45) is 0 Å². The molecule has 4 atom stereocenters. The molecule has 9 heteroatoms. The van der Waals surface area contributed by atoms with E-state index in [9.17, 15) is 14.4 Å². The van der Waals surface area contributed by atoms with Crippen molar-refractivity contribution in [3.8, 4) is 0 Å². The molecule has 0 aromatic heterocycles. The number of hydrogen-bond donors (Lipinski definition) is 3. The van der Waals surface area contributed by atoms with Crippen molar-refractivity contribution in [2.75, 3.05) is 13.2 Å². The molecule has 0 spiro atoms. The van der Waals surface area contributed by atoms with Gasteiger partial charge in [-0.15, -0.1) is 0 Å². The molecule has 0 radical (unpaired) electrons. The fourth-order valence-corrected chi connectivity index (χ4v) is 4.84. The Balaban J connectivity index is 3.97. The van der Waals surface area contributed by atoms with E-state index in [1.54, 1.807) is 0 Å². The summed E-state index contributed by atoms with van der Waals surface area (Å²) in [7, 11) is 0. The molecule has 0 fully saturated rings. The van der Waals surface area contributed by atoms with Crippen molar-refractivity contribution in [3.63, 3.8) is 0 Å². The van der Waals surface area contributed by atoms with Gasteiger partial charge < -0.3 is 14.2 Å². The van der Waals surface area contributed by atoms with Crippen molar-refractivity contribution in [1.82, 2.24) is 0 Å². The summed E-state index contributed by atoms with van der Waals surface area (Å²) in [4.78, 5) is 35.6. The Hall–Kier alpha value is -0.540. The fourth-order valence-electron chi connectivity index (χ4n) is 4.18. The second-order valence-corrected chi connectivity index (χ2v) is 13.3. The number of carbonyl (C=O) groups excluding carboxylic acids is 3. The molecule has 0 amide bonds. The first-order valence-corrected chi connectivity index (χ1v) is 16.7. The molecule has 0 rings (SSSR count). The van der Waals surface area contributed by atoms with Crippen LogP contribution in [0.1, 0.15) is 136 Å². The van der Waals surface area contributed by atoms with Gasteiger partial charge in [0.15, 0.2) is 6.10 Å². The third-order valence-electron chi connectivity index (χ3n) is 6.54. The summed E-state index contributed by atoms with van der Waals surface area (Å²) in [5.74, 6) is -1.14. The summed E-state index contributed by atoms with van der Waals surface area (Å²) < 4.78 is 15.8. The van der Waals surface area contributed by atoms with Crippen LogP contribution in [0.25, 0.3) is 0 Å². The second-order valence-electron chi connectivity index (χ2n) is 10.8. The molecule has 0 saturated carbocycles. The molecular weight excluding hydrogens is 553 g/mol. The van der Waals surface area contributed by atoms with E-state index in [2.05, 4.69) is 51.7 Å². The average Bonchev–Trinajstić information content (AvgIpc) is 2.87. The maximum absolute atomic E-state index is 12.2. The number of thiol groups is 3. The van der Waals surface area contributed by atoms with Crippen molar-refractivity contribution >= 4 is 55.8 Å². The van der Waals surface area contributed by atoms with Crippen LogP contribution in [-0.2, 0) is 28.6 Å². The summed E-state index contributed by atoms with van der Waals surface area (Å²) in [5.41, 5.74) is 0. The summed E-state index contributed by atoms with van der Waals surface area (Å²) in [6.07, 6.45) is 17.1. The molecule has 230 valence electrons. The summed E-state index contributed by atoms with van der Waals surface area (Å²) in [5, 5.41) is 1.35. The van der Waals surface area contributed by atoms with Gasteiger partial charge in [0, 0.05) is 25.0 Å². The van der Waals surface area contributed by atoms with Gasteiger partial charge >= 0.3 is 17.9 Å². The van der Waals surface area contributed by atoms with Crippen LogP contribution in [0.3, 0.4) is 0 Å². The van der Waals surface area contributed by atoms with E-state index in [1.165, 1.54) is 32.6 Å². The number of unbranched alkanes of at least 4 members (excludes halogenated alkanes) is 10. The van der Waals surface area contributed by atoms with E-state index >= 15 is 0 Å². The van der Waals surface area contributed by atoms with Crippen molar-refractivity contribution in [3.05, 3.63) is 0 Å². The minimum atomic E-state index is -0.778. The van der Waals surface area contributed by atoms with E-state index < -0.39 is 12.1 Å². The van der Waals surface area contributed by atoms with Gasteiger partial charge in [-0.25, -0.2) is 0 Å². The first-order chi connectivity index (χ1) is 18.6. The predicted molar refractivity (Wildman–Crippen MR) is 170 cm³/mol. The number of ether oxygens (including phenoxy) is 3. The molecule has 0 heterocycles. The molecule has 4 unspecified atom stereocenters. The summed E-state index contributed by atoms with van der Waals surface area (Å²) >= 11 is 13.5. The van der Waals surface area contributed by atoms with Crippen LogP contribution < -0.4 is 0 Å². The number of rotatable bonds is 26. The molecule has 0 aliphatic carbocycles. The largest absolute Gasteiger partial charge is 0.462 e. The van der Waals surface area contributed by atoms with Crippen molar-refractivity contribution in [2.45, 2.75) is 158 Å². The smallest absolute Gasteiger partial charge is 0.306 e. The zero-order valence-electron chi connectivity index (χ0n) is 24.7. The molecular formula is C30H56O6S3. The zero-order valence-corrected chi connectivity index (χ0v) is 27.4. The lowest BCUT2D eigenvalue weighted by molar-refractivity contribution is -0.166. The Morgan fingerprint density at radius 3 is 1.56 bits per heavy atom. The summed E-state index contributed by atoms with van der Waals surface area (Å²) in [6, 6.07) is 0. The second kappa shape index (κ2) is 26.4. The standard InChI is InChI=1S/C30H56O6S3/c1-24(37)16-12-8-4-6-11-15-19-30(33)36-27(22-34-26(3)31)23-35-29(32)18-14-10-7-5-9-13-17-28(39)21-20-25(2)38/h24-25,27-28,37-39H,4-23H2,1-3H3. The Morgan fingerprint density at radius 1 is 0.564 bits per heavy atom. The minimum absolute atomic E-state index is 0.0989. The van der Waals surface area contributed by atoms with Gasteiger partial charge in [0.25, 0.3) is 0 Å². The van der Waals surface area contributed by atoms with E-state index in [4.69, 9.17) is 14.2 Å². The lowest BCUT2D eigenvalue weighted by Crippen LogP contribution is -2.30. The highest BCUT2D eigenvalue weighted by Gasteiger charge is 2.18. The Bertz CT molecular complexity index is 630. The van der Waals surface area contributed by atoms with Crippen LogP contribution in [0.15, 0.2) is 0 Å². The van der Waals surface area contributed by atoms with Crippen LogP contribution in [-0.4, -0.2) is 53.0 Å². The van der Waals surface area contributed by atoms with E-state index in [-0.39, 0.29) is 25.2 Å². The molecule has 6 nitrogen and oxygen atoms in total. The van der Waals surface area contributed by atoms with E-state index in [0.29, 0.717) is 28.6 Å². The quantitative estimate of drug-likeness (QED) is 0.0400. The molecule has 0 aromatic carbocycles. The highest BCUT2D eigenvalue weighted by Crippen LogP contribution is 2.18. The SMILES string of the molecule is CC(=O)OCC(COC(=O)CCCCCCCCC(S)CCC(C)S)OC(=O)CCCCCCCCC(C)S. The van der Waals surface area contributed by atoms with Gasteiger partial charge in [-0.1, -0.05) is 78.1 Å². The minimum Gasteiger partial charge on any atom is -0.462 e. The summed E-state index contributed by atoms with van der Waals surface area (Å²) in [6.45, 7) is 5.31. The fraction of sp³-hybridized carbons (Fsp3) is 0.900. The predicted octanol–water partition coefficient (Wildman–Crippen LogP) is 7.96. The maximum Gasteiger partial charge on any atom is 0.306 e. The van der Waals surface area contributed by atoms with Gasteiger partial charge in [-0.05, 0) is 49.0 Å². The third kappa shape index (κ3) is 28.8. The van der Waals surface area contributed by atoms with Crippen LogP contribution in [0.5, 0.6) is 0 Å². The molecule has 0 bridgehead atoms. The van der Waals surface area contributed by atoms with Crippen LogP contribution >= 0.6 is 37.9 Å². The van der Waals surface area contributed by atoms with Gasteiger partial charge in [-0.3, -0.25) is 14.4 Å². The third-order valence-corrected chi connectivity index (χ3v) is 7.57. The Kier molecular flexibility index (Phi) is 26.0. The van der Waals surface area contributed by atoms with Gasteiger partial charge in [0.1, 0.15) is 13.2 Å². The average molecular weight is 609 g/mol. The van der Waals surface area contributed by atoms with E-state index in [0.717, 1.165) is 77.0 Å². The van der Waals surface area contributed by atoms with Gasteiger partial charge in [0.2, 0.25) is 0 Å². The van der Waals surface area contributed by atoms with Crippen LogP contribution in [0.2, 0.25) is 0 Å². The number of esters is 3. The molecule has 39 heavy (non-hydrogen) atoms.